The SMILES string of the molecule is CN1C(=O)C2C(=NC(CN3CCN(c4cccc(Cl)c4)CC3)=[N+]2Cc2ccc(Cl)cc2)N(C)C1=O. The monoisotopic (exact) mass is 513 g/mol. The van der Waals surface area contributed by atoms with Crippen molar-refractivity contribution in [3.63, 3.8) is 0 Å². The van der Waals surface area contributed by atoms with E-state index in [1.165, 1.54) is 16.8 Å². The van der Waals surface area contributed by atoms with Crippen molar-refractivity contribution >= 4 is 52.5 Å². The van der Waals surface area contributed by atoms with Crippen LogP contribution in [-0.4, -0.2) is 95.7 Å². The Labute approximate surface area is 214 Å². The van der Waals surface area contributed by atoms with Gasteiger partial charge in [-0.1, -0.05) is 41.4 Å². The number of amides is 3. The van der Waals surface area contributed by atoms with Crippen LogP contribution >= 0.6 is 23.2 Å². The first kappa shape index (κ1) is 23.8. The lowest BCUT2D eigenvalue weighted by atomic mass is 10.1. The van der Waals surface area contributed by atoms with Gasteiger partial charge in [0, 0.05) is 56.0 Å². The Balaban J connectivity index is 1.38. The predicted molar refractivity (Wildman–Crippen MR) is 138 cm³/mol. The average Bonchev–Trinajstić information content (AvgIpc) is 3.21. The number of anilines is 1. The van der Waals surface area contributed by atoms with Crippen LogP contribution in [0.15, 0.2) is 53.5 Å². The van der Waals surface area contributed by atoms with Gasteiger partial charge in [0.05, 0.1) is 0 Å². The summed E-state index contributed by atoms with van der Waals surface area (Å²) in [5, 5.41) is 1.39. The van der Waals surface area contributed by atoms with Crippen LogP contribution in [0.5, 0.6) is 0 Å². The molecule has 0 aromatic heterocycles. The number of halogens is 2. The van der Waals surface area contributed by atoms with E-state index < -0.39 is 6.04 Å². The van der Waals surface area contributed by atoms with E-state index >= 15 is 0 Å². The Bertz CT molecular complexity index is 1220. The number of urea groups is 1. The van der Waals surface area contributed by atoms with Gasteiger partial charge in [0.2, 0.25) is 0 Å². The van der Waals surface area contributed by atoms with Gasteiger partial charge in [-0.15, -0.1) is 0 Å². The van der Waals surface area contributed by atoms with E-state index in [1.807, 2.05) is 47.0 Å². The summed E-state index contributed by atoms with van der Waals surface area (Å²) in [7, 11) is 3.19. The van der Waals surface area contributed by atoms with Crippen molar-refractivity contribution in [3.8, 4) is 0 Å². The van der Waals surface area contributed by atoms with Crippen molar-refractivity contribution in [2.24, 2.45) is 4.99 Å². The van der Waals surface area contributed by atoms with E-state index in [-0.39, 0.29) is 11.9 Å². The number of nitrogens with zero attached hydrogens (tertiary/aromatic N) is 6. The second kappa shape index (κ2) is 9.60. The first-order valence-electron chi connectivity index (χ1n) is 11.6. The lowest BCUT2D eigenvalue weighted by molar-refractivity contribution is -0.552. The number of likely N-dealkylation sites (N-methyl/N-ethyl adjacent to an activating group) is 2. The minimum atomic E-state index is -0.624. The number of aliphatic imine (C=N–C) groups is 1. The summed E-state index contributed by atoms with van der Waals surface area (Å²) < 4.78 is 2.02. The van der Waals surface area contributed by atoms with Gasteiger partial charge in [0.1, 0.15) is 13.1 Å². The van der Waals surface area contributed by atoms with Crippen LogP contribution in [-0.2, 0) is 11.3 Å². The fourth-order valence-electron chi connectivity index (χ4n) is 4.78. The maximum Gasteiger partial charge on any atom is 0.333 e. The van der Waals surface area contributed by atoms with Gasteiger partial charge >= 0.3 is 11.9 Å². The molecule has 0 N–H and O–H groups in total. The largest absolute Gasteiger partial charge is 0.369 e. The van der Waals surface area contributed by atoms with Crippen LogP contribution in [0.25, 0.3) is 0 Å². The zero-order chi connectivity index (χ0) is 24.7. The van der Waals surface area contributed by atoms with Crippen molar-refractivity contribution in [2.75, 3.05) is 51.7 Å². The third-order valence-electron chi connectivity index (χ3n) is 6.79. The fraction of sp³-hybridized carbons (Fsp3) is 0.360. The fourth-order valence-corrected chi connectivity index (χ4v) is 5.09. The highest BCUT2D eigenvalue weighted by Gasteiger charge is 2.53. The topological polar surface area (TPSA) is 62.5 Å². The molecule has 1 unspecified atom stereocenters. The molecule has 0 aliphatic carbocycles. The number of amidine groups is 2. The first-order valence-corrected chi connectivity index (χ1v) is 12.3. The second-order valence-corrected chi connectivity index (χ2v) is 9.90. The van der Waals surface area contributed by atoms with Crippen molar-refractivity contribution in [1.82, 2.24) is 14.7 Å². The number of hydrogen-bond acceptors (Lipinski definition) is 5. The Morgan fingerprint density at radius 3 is 2.34 bits per heavy atom. The third kappa shape index (κ3) is 4.66. The lowest BCUT2D eigenvalue weighted by Crippen LogP contribution is -2.61. The molecular formula is C25H27Cl2N6O2+. The number of fused-ring (bicyclic) bond motifs is 1. The van der Waals surface area contributed by atoms with Crippen molar-refractivity contribution < 1.29 is 14.2 Å². The molecule has 0 spiro atoms. The normalized spacial score (nSPS) is 21.1. The number of piperazine rings is 1. The summed E-state index contributed by atoms with van der Waals surface area (Å²) >= 11 is 12.2. The molecule has 0 bridgehead atoms. The molecule has 3 aliphatic heterocycles. The molecule has 35 heavy (non-hydrogen) atoms. The van der Waals surface area contributed by atoms with Crippen LogP contribution < -0.4 is 4.90 Å². The van der Waals surface area contributed by atoms with Crippen molar-refractivity contribution in [2.45, 2.75) is 12.6 Å². The molecule has 182 valence electrons. The molecule has 0 radical (unpaired) electrons. The smallest absolute Gasteiger partial charge is 0.333 e. The highest BCUT2D eigenvalue weighted by atomic mass is 35.5. The molecule has 1 atom stereocenters. The summed E-state index contributed by atoms with van der Waals surface area (Å²) in [5.74, 6) is 1.01. The standard InChI is InChI=1S/C25H27Cl2N6O2/c1-29-23-22(24(34)30(2)25(29)35)33(15-17-6-8-18(26)9-7-17)21(28-23)16-31-10-12-32(13-11-31)20-5-3-4-19(27)14-20/h3-9,14,22H,10-13,15-16H2,1-2H3/q+1. The third-order valence-corrected chi connectivity index (χ3v) is 7.28. The number of imide groups is 1. The van der Waals surface area contributed by atoms with E-state index in [4.69, 9.17) is 28.2 Å². The minimum absolute atomic E-state index is 0.262. The summed E-state index contributed by atoms with van der Waals surface area (Å²) in [6, 6.07) is 14.5. The second-order valence-electron chi connectivity index (χ2n) is 9.03. The quantitative estimate of drug-likeness (QED) is 0.576. The van der Waals surface area contributed by atoms with Crippen LogP contribution in [0.1, 0.15) is 5.56 Å². The Morgan fingerprint density at radius 2 is 1.66 bits per heavy atom. The molecule has 8 nitrogen and oxygen atoms in total. The Morgan fingerprint density at radius 1 is 0.943 bits per heavy atom. The summed E-state index contributed by atoms with van der Waals surface area (Å²) in [5.41, 5.74) is 2.14. The molecule has 10 heteroatoms. The van der Waals surface area contributed by atoms with E-state index in [2.05, 4.69) is 15.9 Å². The van der Waals surface area contributed by atoms with Gasteiger partial charge < -0.3 is 4.90 Å². The van der Waals surface area contributed by atoms with Crippen LogP contribution in [0.4, 0.5) is 10.5 Å². The molecule has 0 saturated carbocycles. The Kier molecular flexibility index (Phi) is 6.53. The summed E-state index contributed by atoms with van der Waals surface area (Å²) in [6.45, 7) is 4.52. The van der Waals surface area contributed by atoms with Gasteiger partial charge in [0.25, 0.3) is 17.8 Å². The molecule has 2 aromatic rings. The van der Waals surface area contributed by atoms with Gasteiger partial charge in [-0.25, -0.2) is 9.37 Å². The number of hydrogen-bond donors (Lipinski definition) is 0. The van der Waals surface area contributed by atoms with Gasteiger partial charge in [-0.05, 0) is 40.9 Å². The molecule has 3 aliphatic rings. The molecular weight excluding hydrogens is 487 g/mol. The van der Waals surface area contributed by atoms with Crippen LogP contribution in [0.3, 0.4) is 0 Å². The van der Waals surface area contributed by atoms with E-state index in [0.717, 1.165) is 48.3 Å². The lowest BCUT2D eigenvalue weighted by Gasteiger charge is -2.35. The number of rotatable bonds is 5. The highest BCUT2D eigenvalue weighted by molar-refractivity contribution is 6.31. The highest BCUT2D eigenvalue weighted by Crippen LogP contribution is 2.23. The van der Waals surface area contributed by atoms with Crippen LogP contribution in [0, 0.1) is 0 Å². The number of carbonyl (C=O) groups is 2. The zero-order valence-corrected chi connectivity index (χ0v) is 21.2. The molecule has 2 aromatic carbocycles. The first-order chi connectivity index (χ1) is 16.8. The summed E-state index contributed by atoms with van der Waals surface area (Å²) in [4.78, 5) is 37.9. The maximum atomic E-state index is 13.2. The molecule has 5 rings (SSSR count). The molecule has 2 saturated heterocycles. The van der Waals surface area contributed by atoms with Gasteiger partial charge in [0.15, 0.2) is 0 Å². The van der Waals surface area contributed by atoms with Crippen molar-refractivity contribution in [3.05, 3.63) is 64.1 Å². The number of carbonyl (C=O) groups excluding carboxylic acids is 2. The zero-order valence-electron chi connectivity index (χ0n) is 19.7. The van der Waals surface area contributed by atoms with Crippen molar-refractivity contribution in [1.29, 1.82) is 0 Å². The molecule has 2 fully saturated rings. The van der Waals surface area contributed by atoms with E-state index in [9.17, 15) is 9.59 Å². The minimum Gasteiger partial charge on any atom is -0.369 e. The Hall–Kier alpha value is -2.94. The maximum absolute atomic E-state index is 13.2. The molecule has 3 amide bonds. The number of benzene rings is 2. The van der Waals surface area contributed by atoms with E-state index in [0.29, 0.717) is 23.9 Å². The van der Waals surface area contributed by atoms with E-state index in [1.54, 1.807) is 7.05 Å². The van der Waals surface area contributed by atoms with Gasteiger partial charge in [-0.2, -0.15) is 0 Å². The predicted octanol–water partition coefficient (Wildman–Crippen LogP) is 3.03. The average molecular weight is 514 g/mol. The molecule has 3 heterocycles. The van der Waals surface area contributed by atoms with Gasteiger partial charge in [-0.3, -0.25) is 19.5 Å². The van der Waals surface area contributed by atoms with Crippen LogP contribution in [0.2, 0.25) is 10.0 Å². The summed E-state index contributed by atoms with van der Waals surface area (Å²) in [6.07, 6.45) is 0.